The molecule has 1 aromatic carbocycles. The predicted octanol–water partition coefficient (Wildman–Crippen LogP) is 2.54. The molecule has 0 spiro atoms. The van der Waals surface area contributed by atoms with Gasteiger partial charge < -0.3 is 0 Å². The highest BCUT2D eigenvalue weighted by atomic mass is 35.5. The maximum absolute atomic E-state index is 6.35. The normalized spacial score (nSPS) is 21.1. The van der Waals surface area contributed by atoms with Crippen LogP contribution in [0.25, 0.3) is 0 Å². The minimum Gasteiger partial charge on any atom is -0.294 e. The minimum absolute atomic E-state index is 0.345. The number of nitrogens with zero attached hydrogens (tertiary/aromatic N) is 6. The van der Waals surface area contributed by atoms with Crippen molar-refractivity contribution in [3.8, 4) is 0 Å². The zero-order chi connectivity index (χ0) is 16.5. The van der Waals surface area contributed by atoms with Gasteiger partial charge in [-0.25, -0.2) is 4.68 Å². The van der Waals surface area contributed by atoms with Gasteiger partial charge in [0.1, 0.15) is 0 Å². The van der Waals surface area contributed by atoms with Crippen molar-refractivity contribution >= 4 is 11.6 Å². The summed E-state index contributed by atoms with van der Waals surface area (Å²) in [5, 5.41) is 13.1. The molecule has 7 heteroatoms. The van der Waals surface area contributed by atoms with Gasteiger partial charge in [0.2, 0.25) is 0 Å². The maximum Gasteiger partial charge on any atom is 0.165 e. The third-order valence-electron chi connectivity index (χ3n) is 5.13. The number of aromatic nitrogens is 4. The van der Waals surface area contributed by atoms with Gasteiger partial charge in [0, 0.05) is 37.2 Å². The molecule has 128 valence electrons. The van der Waals surface area contributed by atoms with Gasteiger partial charge in [-0.15, -0.1) is 5.10 Å². The quantitative estimate of drug-likeness (QED) is 0.832. The smallest absolute Gasteiger partial charge is 0.165 e. The Balaban J connectivity index is 1.35. The van der Waals surface area contributed by atoms with Crippen molar-refractivity contribution < 1.29 is 0 Å². The Morgan fingerprint density at radius 3 is 2.62 bits per heavy atom. The number of hydrogen-bond acceptors (Lipinski definition) is 5. The van der Waals surface area contributed by atoms with E-state index >= 15 is 0 Å². The Morgan fingerprint density at radius 1 is 1.17 bits per heavy atom. The fourth-order valence-electron chi connectivity index (χ4n) is 3.44. The monoisotopic (exact) mass is 346 g/mol. The second-order valence-corrected chi connectivity index (χ2v) is 7.19. The van der Waals surface area contributed by atoms with Crippen LogP contribution in [0.5, 0.6) is 0 Å². The summed E-state index contributed by atoms with van der Waals surface area (Å²) in [4.78, 5) is 4.95. The second kappa shape index (κ2) is 6.78. The number of piperazine rings is 1. The molecule has 1 saturated carbocycles. The fourth-order valence-corrected chi connectivity index (χ4v) is 3.73. The van der Waals surface area contributed by atoms with Crippen molar-refractivity contribution in [1.29, 1.82) is 0 Å². The molecule has 2 aromatic rings. The van der Waals surface area contributed by atoms with Crippen molar-refractivity contribution in [3.63, 3.8) is 0 Å². The number of hydrogen-bond donors (Lipinski definition) is 0. The van der Waals surface area contributed by atoms with E-state index in [2.05, 4.69) is 44.4 Å². The largest absolute Gasteiger partial charge is 0.294 e. The first-order valence-corrected chi connectivity index (χ1v) is 9.08. The number of halogens is 1. The van der Waals surface area contributed by atoms with Gasteiger partial charge in [0.05, 0.1) is 12.6 Å². The first-order valence-electron chi connectivity index (χ1n) is 8.70. The Kier molecular flexibility index (Phi) is 4.52. The molecule has 1 aliphatic carbocycles. The van der Waals surface area contributed by atoms with Gasteiger partial charge in [-0.3, -0.25) is 9.80 Å². The summed E-state index contributed by atoms with van der Waals surface area (Å²) in [6, 6.07) is 9.03. The van der Waals surface area contributed by atoms with E-state index in [1.807, 2.05) is 16.8 Å². The van der Waals surface area contributed by atoms with Gasteiger partial charge in [0.15, 0.2) is 5.82 Å². The first-order chi connectivity index (χ1) is 11.7. The SMILES string of the molecule is C[C@@H](c1ccccc1Cl)N1CCN(Cc2nnnn2C2CC2)CC1. The summed E-state index contributed by atoms with van der Waals surface area (Å²) in [5.74, 6) is 1.00. The molecule has 2 aliphatic rings. The van der Waals surface area contributed by atoms with Crippen LogP contribution in [-0.2, 0) is 6.54 Å². The third kappa shape index (κ3) is 3.31. The van der Waals surface area contributed by atoms with Crippen LogP contribution in [-0.4, -0.2) is 56.2 Å². The molecule has 2 fully saturated rings. The van der Waals surface area contributed by atoms with Crippen LogP contribution >= 0.6 is 11.6 Å². The first kappa shape index (κ1) is 16.0. The summed E-state index contributed by atoms with van der Waals surface area (Å²) in [6.07, 6.45) is 2.42. The molecule has 0 radical (unpaired) electrons. The van der Waals surface area contributed by atoms with E-state index < -0.39 is 0 Å². The molecule has 4 rings (SSSR count). The highest BCUT2D eigenvalue weighted by Gasteiger charge is 2.29. The lowest BCUT2D eigenvalue weighted by Gasteiger charge is -2.38. The molecule has 1 saturated heterocycles. The second-order valence-electron chi connectivity index (χ2n) is 6.78. The summed E-state index contributed by atoms with van der Waals surface area (Å²) >= 11 is 6.35. The Labute approximate surface area is 147 Å². The number of rotatable bonds is 5. The van der Waals surface area contributed by atoms with Gasteiger partial charge in [-0.2, -0.15) is 0 Å². The average molecular weight is 347 g/mol. The van der Waals surface area contributed by atoms with Crippen LogP contribution in [0, 0.1) is 0 Å². The Morgan fingerprint density at radius 2 is 1.92 bits per heavy atom. The van der Waals surface area contributed by atoms with Crippen LogP contribution in [0.15, 0.2) is 24.3 Å². The van der Waals surface area contributed by atoms with Crippen molar-refractivity contribution in [2.45, 2.75) is 38.4 Å². The van der Waals surface area contributed by atoms with E-state index in [4.69, 9.17) is 11.6 Å². The number of tetrazole rings is 1. The molecule has 2 heterocycles. The standard InChI is InChI=1S/C17H23ClN6/c1-13(15-4-2-3-5-16(15)18)23-10-8-22(9-11-23)12-17-19-20-21-24(17)14-6-7-14/h2-5,13-14H,6-12H2,1H3/t13-/m0/s1. The minimum atomic E-state index is 0.345. The Hall–Kier alpha value is -1.50. The van der Waals surface area contributed by atoms with Gasteiger partial charge >= 0.3 is 0 Å². The van der Waals surface area contributed by atoms with Crippen LogP contribution in [0.3, 0.4) is 0 Å². The molecule has 1 aliphatic heterocycles. The molecular weight excluding hydrogens is 324 g/mol. The van der Waals surface area contributed by atoms with Crippen LogP contribution in [0.2, 0.25) is 5.02 Å². The third-order valence-corrected chi connectivity index (χ3v) is 5.47. The molecule has 24 heavy (non-hydrogen) atoms. The summed E-state index contributed by atoms with van der Waals surface area (Å²) in [6.45, 7) is 7.23. The Bertz CT molecular complexity index is 690. The van der Waals surface area contributed by atoms with Crippen molar-refractivity contribution in [3.05, 3.63) is 40.7 Å². The molecule has 1 aromatic heterocycles. The van der Waals surface area contributed by atoms with Gasteiger partial charge in [-0.05, 0) is 41.8 Å². The van der Waals surface area contributed by atoms with E-state index in [0.717, 1.165) is 43.6 Å². The molecule has 6 nitrogen and oxygen atoms in total. The zero-order valence-corrected chi connectivity index (χ0v) is 14.7. The molecule has 0 unspecified atom stereocenters. The lowest BCUT2D eigenvalue weighted by atomic mass is 10.1. The maximum atomic E-state index is 6.35. The summed E-state index contributed by atoms with van der Waals surface area (Å²) in [5.41, 5.74) is 1.21. The van der Waals surface area contributed by atoms with E-state index in [0.29, 0.717) is 12.1 Å². The highest BCUT2D eigenvalue weighted by Crippen LogP contribution is 2.34. The molecular formula is C17H23ClN6. The van der Waals surface area contributed by atoms with Crippen molar-refractivity contribution in [2.24, 2.45) is 0 Å². The average Bonchev–Trinajstić information content (AvgIpc) is 3.35. The lowest BCUT2D eigenvalue weighted by Crippen LogP contribution is -2.47. The predicted molar refractivity (Wildman–Crippen MR) is 92.8 cm³/mol. The van der Waals surface area contributed by atoms with Gasteiger partial charge in [-0.1, -0.05) is 29.8 Å². The van der Waals surface area contributed by atoms with E-state index in [1.165, 1.54) is 18.4 Å². The zero-order valence-electron chi connectivity index (χ0n) is 14.0. The van der Waals surface area contributed by atoms with E-state index in [9.17, 15) is 0 Å². The summed E-state index contributed by atoms with van der Waals surface area (Å²) < 4.78 is 2.01. The molecule has 1 atom stereocenters. The summed E-state index contributed by atoms with van der Waals surface area (Å²) in [7, 11) is 0. The lowest BCUT2D eigenvalue weighted by molar-refractivity contribution is 0.0951. The molecule has 0 bridgehead atoms. The van der Waals surface area contributed by atoms with E-state index in [-0.39, 0.29) is 0 Å². The molecule has 0 amide bonds. The van der Waals surface area contributed by atoms with Crippen LogP contribution in [0.1, 0.15) is 43.2 Å². The fraction of sp³-hybridized carbons (Fsp3) is 0.588. The van der Waals surface area contributed by atoms with Gasteiger partial charge in [0.25, 0.3) is 0 Å². The van der Waals surface area contributed by atoms with Crippen LogP contribution < -0.4 is 0 Å². The van der Waals surface area contributed by atoms with Crippen LogP contribution in [0.4, 0.5) is 0 Å². The van der Waals surface area contributed by atoms with Crippen molar-refractivity contribution in [1.82, 2.24) is 30.0 Å². The number of benzene rings is 1. The van der Waals surface area contributed by atoms with E-state index in [1.54, 1.807) is 0 Å². The topological polar surface area (TPSA) is 50.1 Å². The van der Waals surface area contributed by atoms with Crippen molar-refractivity contribution in [2.75, 3.05) is 26.2 Å². The molecule has 0 N–H and O–H groups in total. The highest BCUT2D eigenvalue weighted by molar-refractivity contribution is 6.31.